The smallest absolute Gasteiger partial charge is 0.407 e. The molecule has 0 aliphatic heterocycles. The Morgan fingerprint density at radius 1 is 0.736 bits per heavy atom. The van der Waals surface area contributed by atoms with E-state index in [4.69, 9.17) is 0 Å². The largest absolute Gasteiger partial charge is 0.453 e. The molecule has 21 heteroatoms. The number of nitrogens with zero attached hydrogens (tertiary/aromatic N) is 1. The number of alkyl carbamates (subject to hydrolysis) is 2. The number of hydrogen-bond acceptors (Lipinski definition) is 8. The van der Waals surface area contributed by atoms with Gasteiger partial charge in [-0.3, -0.25) is 15.0 Å². The third kappa shape index (κ3) is 11.3. The summed E-state index contributed by atoms with van der Waals surface area (Å²) in [5.74, 6) is -6.27. The number of amides is 4. The van der Waals surface area contributed by atoms with Crippen molar-refractivity contribution >= 4 is 24.0 Å². The molecule has 0 radical (unpaired) electrons. The molecule has 0 aliphatic rings. The summed E-state index contributed by atoms with van der Waals surface area (Å²) < 4.78 is 136. The fourth-order valence-electron chi connectivity index (χ4n) is 4.59. The molecular formula is C32H38F9N5O7. The number of rotatable bonds is 14. The van der Waals surface area contributed by atoms with Gasteiger partial charge in [0.15, 0.2) is 0 Å². The number of carbonyl (C=O) groups excluding carboxylic acids is 4. The fourth-order valence-corrected chi connectivity index (χ4v) is 4.59. The van der Waals surface area contributed by atoms with E-state index in [0.717, 1.165) is 38.5 Å². The molecule has 2 aromatic rings. The zero-order valence-corrected chi connectivity index (χ0v) is 29.1. The van der Waals surface area contributed by atoms with E-state index >= 15 is 8.78 Å². The third-order valence-electron chi connectivity index (χ3n) is 8.20. The minimum atomic E-state index is -5.14. The zero-order chi connectivity index (χ0) is 40.7. The summed E-state index contributed by atoms with van der Waals surface area (Å²) in [7, 11) is 1.62. The molecule has 0 spiro atoms. The lowest BCUT2D eigenvalue weighted by atomic mass is 9.83. The molecule has 0 fully saturated rings. The van der Waals surface area contributed by atoms with Crippen molar-refractivity contribution in [2.24, 2.45) is 10.8 Å². The summed E-state index contributed by atoms with van der Waals surface area (Å²) in [5, 5.41) is 16.7. The second-order valence-electron chi connectivity index (χ2n) is 12.8. The van der Waals surface area contributed by atoms with Crippen LogP contribution in [0.15, 0.2) is 36.4 Å². The predicted octanol–water partition coefficient (Wildman–Crippen LogP) is 4.71. The number of halogens is 9. The van der Waals surface area contributed by atoms with Gasteiger partial charge < -0.3 is 30.5 Å². The van der Waals surface area contributed by atoms with Crippen LogP contribution in [0.5, 0.6) is 0 Å². The summed E-state index contributed by atoms with van der Waals surface area (Å²) in [6.07, 6.45) is -15.0. The molecule has 0 saturated carbocycles. The first-order valence-electron chi connectivity index (χ1n) is 15.3. The molecule has 5 N–H and O–H groups in total. The van der Waals surface area contributed by atoms with Crippen LogP contribution >= 0.6 is 0 Å². The van der Waals surface area contributed by atoms with E-state index in [0.29, 0.717) is 32.7 Å². The number of aliphatic hydroxyl groups excluding tert-OH is 1. The standard InChI is InChI=1S/C32H38F9N5O7/c1-29(2,31(36,37)38)23(43-27(50)52-5)25(48)42-13-19(47)14-46(45-26(49)24(44-28(51)53-6)30(3,4)32(39,40)41)15-20-21(34)11-17(12-22(20)35)16-7-9-18(33)10-8-16/h7-12,19,23-24,47H,13-15H2,1-6H3,(H,42,48)(H,43,50)(H,44,51)(H,45,49)/t19-,23?,24-/m1/s1. The number of nitrogens with one attached hydrogen (secondary N) is 4. The van der Waals surface area contributed by atoms with E-state index in [1.54, 1.807) is 10.6 Å². The zero-order valence-electron chi connectivity index (χ0n) is 29.1. The van der Waals surface area contributed by atoms with E-state index in [1.807, 2.05) is 10.7 Å². The first kappa shape index (κ1) is 44.4. The van der Waals surface area contributed by atoms with Crippen LogP contribution in [-0.2, 0) is 25.6 Å². The van der Waals surface area contributed by atoms with Crippen LogP contribution in [0, 0.1) is 28.3 Å². The predicted molar refractivity (Wildman–Crippen MR) is 168 cm³/mol. The SMILES string of the molecule is COC(=O)NC(C(=O)NC[C@@H](O)CN(Cc1c(F)cc(-c2ccc(F)cc2)cc1F)NC(=O)[C@@H](NC(=O)OC)C(C)(C)C(F)(F)F)C(C)(C)C(F)(F)F. The van der Waals surface area contributed by atoms with Crippen molar-refractivity contribution in [3.63, 3.8) is 0 Å². The van der Waals surface area contributed by atoms with Gasteiger partial charge in [0, 0.05) is 25.2 Å². The Hall–Kier alpha value is -4.79. The van der Waals surface area contributed by atoms with Gasteiger partial charge in [-0.1, -0.05) is 12.1 Å². The van der Waals surface area contributed by atoms with Crippen molar-refractivity contribution in [2.45, 2.75) is 64.8 Å². The molecule has 4 amide bonds. The van der Waals surface area contributed by atoms with Crippen LogP contribution in [0.4, 0.5) is 49.1 Å². The van der Waals surface area contributed by atoms with E-state index in [1.165, 1.54) is 12.1 Å². The van der Waals surface area contributed by atoms with Gasteiger partial charge in [-0.05, 0) is 63.1 Å². The van der Waals surface area contributed by atoms with Crippen LogP contribution in [0.1, 0.15) is 33.3 Å². The summed E-state index contributed by atoms with van der Waals surface area (Å²) in [5.41, 5.74) is -4.65. The van der Waals surface area contributed by atoms with E-state index < -0.39 is 108 Å². The van der Waals surface area contributed by atoms with Crippen LogP contribution < -0.4 is 21.4 Å². The van der Waals surface area contributed by atoms with Gasteiger partial charge in [0.05, 0.1) is 31.2 Å². The molecule has 296 valence electrons. The lowest BCUT2D eigenvalue weighted by Gasteiger charge is -2.37. The molecule has 2 aromatic carbocycles. The number of aliphatic hydroxyl groups is 1. The first-order chi connectivity index (χ1) is 24.3. The van der Waals surface area contributed by atoms with Crippen LogP contribution in [0.3, 0.4) is 0 Å². The van der Waals surface area contributed by atoms with Gasteiger partial charge in [-0.25, -0.2) is 27.8 Å². The molecule has 0 heterocycles. The Labute approximate surface area is 297 Å². The monoisotopic (exact) mass is 775 g/mol. The van der Waals surface area contributed by atoms with Gasteiger partial charge >= 0.3 is 24.5 Å². The average molecular weight is 776 g/mol. The second-order valence-corrected chi connectivity index (χ2v) is 12.8. The minimum Gasteiger partial charge on any atom is -0.453 e. The first-order valence-corrected chi connectivity index (χ1v) is 15.3. The summed E-state index contributed by atoms with van der Waals surface area (Å²) in [4.78, 5) is 49.9. The van der Waals surface area contributed by atoms with Gasteiger partial charge in [0.1, 0.15) is 29.5 Å². The second kappa shape index (κ2) is 17.4. The van der Waals surface area contributed by atoms with Crippen molar-refractivity contribution in [3.05, 3.63) is 59.4 Å². The molecule has 3 atom stereocenters. The molecule has 0 bridgehead atoms. The van der Waals surface area contributed by atoms with Crippen molar-refractivity contribution < 1.29 is 73.3 Å². The Morgan fingerprint density at radius 2 is 1.17 bits per heavy atom. The number of benzene rings is 2. The quantitative estimate of drug-likeness (QED) is 0.137. The lowest BCUT2D eigenvalue weighted by molar-refractivity contribution is -0.221. The maximum absolute atomic E-state index is 15.4. The highest BCUT2D eigenvalue weighted by Crippen LogP contribution is 2.41. The van der Waals surface area contributed by atoms with Gasteiger partial charge in [0.25, 0.3) is 5.91 Å². The maximum Gasteiger partial charge on any atom is 0.407 e. The average Bonchev–Trinajstić information content (AvgIpc) is 3.05. The van der Waals surface area contributed by atoms with E-state index in [2.05, 4.69) is 9.47 Å². The highest BCUT2D eigenvalue weighted by atomic mass is 19.4. The van der Waals surface area contributed by atoms with Crippen molar-refractivity contribution in [3.8, 4) is 11.1 Å². The highest BCUT2D eigenvalue weighted by molar-refractivity contribution is 5.87. The number of methoxy groups -OCH3 is 2. The molecule has 53 heavy (non-hydrogen) atoms. The Bertz CT molecular complexity index is 1600. The Balaban J connectivity index is 2.48. The summed E-state index contributed by atoms with van der Waals surface area (Å²) >= 11 is 0. The topological polar surface area (TPSA) is 158 Å². The normalized spacial score (nSPS) is 14.1. The van der Waals surface area contributed by atoms with Crippen LogP contribution in [-0.4, -0.2) is 92.0 Å². The van der Waals surface area contributed by atoms with E-state index in [-0.39, 0.29) is 11.1 Å². The Kier molecular flexibility index (Phi) is 14.5. The van der Waals surface area contributed by atoms with Crippen LogP contribution in [0.25, 0.3) is 11.1 Å². The molecule has 0 saturated heterocycles. The third-order valence-corrected chi connectivity index (χ3v) is 8.20. The molecule has 1 unspecified atom stereocenters. The maximum atomic E-state index is 15.4. The van der Waals surface area contributed by atoms with Gasteiger partial charge in [0.2, 0.25) is 5.91 Å². The highest BCUT2D eigenvalue weighted by Gasteiger charge is 2.57. The minimum absolute atomic E-state index is 0.0618. The molecule has 2 rings (SSSR count). The number of alkyl halides is 6. The summed E-state index contributed by atoms with van der Waals surface area (Å²) in [6.45, 7) is -0.639. The fraction of sp³-hybridized carbons (Fsp3) is 0.500. The van der Waals surface area contributed by atoms with Crippen molar-refractivity contribution in [1.29, 1.82) is 0 Å². The van der Waals surface area contributed by atoms with Gasteiger partial charge in [-0.15, -0.1) is 0 Å². The molecule has 12 nitrogen and oxygen atoms in total. The van der Waals surface area contributed by atoms with Crippen LogP contribution in [0.2, 0.25) is 0 Å². The number of hydrazine groups is 1. The van der Waals surface area contributed by atoms with Crippen molar-refractivity contribution in [2.75, 3.05) is 27.3 Å². The molecular weight excluding hydrogens is 737 g/mol. The summed E-state index contributed by atoms with van der Waals surface area (Å²) in [6, 6.07) is 1.36. The van der Waals surface area contributed by atoms with Crippen molar-refractivity contribution in [1.82, 2.24) is 26.4 Å². The Morgan fingerprint density at radius 3 is 1.58 bits per heavy atom. The number of ether oxygens (including phenoxy) is 2. The molecule has 0 aliphatic carbocycles. The van der Waals surface area contributed by atoms with E-state index in [9.17, 15) is 55.0 Å². The van der Waals surface area contributed by atoms with Gasteiger partial charge in [-0.2, -0.15) is 26.3 Å². The molecule has 0 aromatic heterocycles. The number of hydrogen-bond donors (Lipinski definition) is 5. The number of carbonyl (C=O) groups is 4. The lowest BCUT2D eigenvalue weighted by Crippen LogP contribution is -2.62.